The van der Waals surface area contributed by atoms with Gasteiger partial charge in [0.05, 0.1) is 22.8 Å². The van der Waals surface area contributed by atoms with Crippen LogP contribution in [-0.2, 0) is 36.6 Å². The van der Waals surface area contributed by atoms with Crippen LogP contribution in [0, 0.1) is 0 Å². The van der Waals surface area contributed by atoms with E-state index in [1.165, 1.54) is 55.1 Å². The number of para-hydroxylation sites is 2. The van der Waals surface area contributed by atoms with Gasteiger partial charge in [0.1, 0.15) is 0 Å². The molecule has 0 radical (unpaired) electrons. The molecule has 5 heteroatoms. The Morgan fingerprint density at radius 3 is 1.19 bits per heavy atom. The molecule has 0 aliphatic heterocycles. The molecule has 5 rings (SSSR count). The molecule has 0 aromatic heterocycles. The average molecular weight is 663 g/mol. The van der Waals surface area contributed by atoms with E-state index in [4.69, 9.17) is 9.98 Å². The van der Waals surface area contributed by atoms with Crippen LogP contribution in [-0.4, -0.2) is 11.4 Å². The number of aryl methyl sites for hydroxylation is 4. The summed E-state index contributed by atoms with van der Waals surface area (Å²) in [7, 11) is 1.25. The predicted octanol–water partition coefficient (Wildman–Crippen LogP) is 10.0. The fourth-order valence-electron chi connectivity index (χ4n) is 5.16. The van der Waals surface area contributed by atoms with Crippen molar-refractivity contribution in [3.05, 3.63) is 106 Å². The SMILES string of the molecule is CCc1cccc(CC)c1N=C1C(=Nc2c(CC)cccc2CC)c2cccc3cccc1c23.[Br][Ni][Br]. The molecule has 0 unspecified atom stereocenters. The zero-order valence-electron chi connectivity index (χ0n) is 21.7. The quantitative estimate of drug-likeness (QED) is 0.184. The minimum atomic E-state index is 0.961. The van der Waals surface area contributed by atoms with Gasteiger partial charge >= 0.3 is 39.3 Å². The van der Waals surface area contributed by atoms with E-state index in [-0.39, 0.29) is 0 Å². The molecule has 0 fully saturated rings. The second-order valence-electron chi connectivity index (χ2n) is 8.94. The van der Waals surface area contributed by atoms with Crippen molar-refractivity contribution < 1.29 is 10.9 Å². The first-order valence-corrected chi connectivity index (χ1v) is 17.7. The third kappa shape index (κ3) is 5.70. The van der Waals surface area contributed by atoms with Gasteiger partial charge in [0.25, 0.3) is 0 Å². The van der Waals surface area contributed by atoms with Crippen LogP contribution in [0.5, 0.6) is 0 Å². The van der Waals surface area contributed by atoms with E-state index < -0.39 is 0 Å². The first-order valence-electron chi connectivity index (χ1n) is 12.9. The molecule has 37 heavy (non-hydrogen) atoms. The number of benzene rings is 4. The fourth-order valence-corrected chi connectivity index (χ4v) is 5.16. The van der Waals surface area contributed by atoms with Crippen molar-refractivity contribution in [2.75, 3.05) is 0 Å². The third-order valence-electron chi connectivity index (χ3n) is 7.02. The van der Waals surface area contributed by atoms with Crippen LogP contribution in [0.4, 0.5) is 11.4 Å². The van der Waals surface area contributed by atoms with Crippen molar-refractivity contribution in [1.29, 1.82) is 0 Å². The summed E-state index contributed by atoms with van der Waals surface area (Å²) in [5.74, 6) is 0. The Kier molecular flexibility index (Phi) is 9.92. The molecule has 194 valence electrons. The maximum atomic E-state index is 5.41. The Balaban J connectivity index is 0.00000102. The van der Waals surface area contributed by atoms with Gasteiger partial charge in [0.2, 0.25) is 0 Å². The summed E-state index contributed by atoms with van der Waals surface area (Å²) >= 11 is 6.00. The van der Waals surface area contributed by atoms with Gasteiger partial charge in [0.15, 0.2) is 0 Å². The third-order valence-corrected chi connectivity index (χ3v) is 7.02. The summed E-state index contributed by atoms with van der Waals surface area (Å²) in [5.41, 5.74) is 11.7. The number of halogens is 2. The second-order valence-corrected chi connectivity index (χ2v) is 13.9. The molecule has 4 aromatic rings. The molecule has 1 aliphatic carbocycles. The van der Waals surface area contributed by atoms with E-state index in [1.807, 2.05) is 0 Å². The Morgan fingerprint density at radius 1 is 0.541 bits per heavy atom. The zero-order valence-corrected chi connectivity index (χ0v) is 25.9. The van der Waals surface area contributed by atoms with Crippen LogP contribution >= 0.6 is 28.5 Å². The van der Waals surface area contributed by atoms with Crippen LogP contribution in [0.1, 0.15) is 61.1 Å². The van der Waals surface area contributed by atoms with Crippen molar-refractivity contribution in [3.63, 3.8) is 0 Å². The van der Waals surface area contributed by atoms with Crippen molar-refractivity contribution in [1.82, 2.24) is 0 Å². The number of aliphatic imine (C=N–C) groups is 2. The molecule has 0 saturated carbocycles. The monoisotopic (exact) mass is 660 g/mol. The van der Waals surface area contributed by atoms with E-state index in [2.05, 4.69) is 129 Å². The molecule has 0 spiro atoms. The molecular formula is C32H32Br2N2Ni. The Morgan fingerprint density at radius 2 is 0.865 bits per heavy atom. The van der Waals surface area contributed by atoms with E-state index in [1.54, 1.807) is 0 Å². The van der Waals surface area contributed by atoms with Crippen LogP contribution < -0.4 is 0 Å². The molecule has 0 amide bonds. The Bertz CT molecular complexity index is 1320. The van der Waals surface area contributed by atoms with Gasteiger partial charge in [-0.15, -0.1) is 0 Å². The van der Waals surface area contributed by atoms with Gasteiger partial charge in [-0.05, 0) is 53.3 Å². The summed E-state index contributed by atoms with van der Waals surface area (Å²) in [6.45, 7) is 8.84. The normalized spacial score (nSPS) is 14.4. The average Bonchev–Trinajstić information content (AvgIpc) is 3.23. The second kappa shape index (κ2) is 13.1. The Hall–Kier alpha value is -2.07. The first kappa shape index (κ1) is 28.0. The number of hydrogen-bond donors (Lipinski definition) is 0. The van der Waals surface area contributed by atoms with Gasteiger partial charge in [-0.25, -0.2) is 9.98 Å². The summed E-state index contributed by atoms with van der Waals surface area (Å²) in [6.07, 6.45) is 3.84. The molecule has 0 saturated heterocycles. The summed E-state index contributed by atoms with van der Waals surface area (Å²) in [4.78, 5) is 10.8. The molecule has 2 nitrogen and oxygen atoms in total. The Labute approximate surface area is 241 Å². The van der Waals surface area contributed by atoms with Gasteiger partial charge < -0.3 is 0 Å². The first-order chi connectivity index (χ1) is 18.1. The van der Waals surface area contributed by atoms with Gasteiger partial charge in [0, 0.05) is 16.5 Å². The van der Waals surface area contributed by atoms with E-state index in [0.717, 1.165) is 48.5 Å². The zero-order chi connectivity index (χ0) is 26.4. The van der Waals surface area contributed by atoms with E-state index in [0.29, 0.717) is 0 Å². The summed E-state index contributed by atoms with van der Waals surface area (Å²) < 4.78 is 0. The molecule has 0 N–H and O–H groups in total. The number of nitrogens with zero attached hydrogens (tertiary/aromatic N) is 2. The predicted molar refractivity (Wildman–Crippen MR) is 165 cm³/mol. The molecule has 0 heterocycles. The van der Waals surface area contributed by atoms with E-state index >= 15 is 0 Å². The van der Waals surface area contributed by atoms with E-state index in [9.17, 15) is 0 Å². The minimum absolute atomic E-state index is 0.961. The molecule has 0 bridgehead atoms. The van der Waals surface area contributed by atoms with Gasteiger partial charge in [-0.2, -0.15) is 0 Å². The van der Waals surface area contributed by atoms with Gasteiger partial charge in [-0.3, -0.25) is 0 Å². The van der Waals surface area contributed by atoms with Crippen molar-refractivity contribution in [3.8, 4) is 0 Å². The summed E-state index contributed by atoms with van der Waals surface area (Å²) in [6, 6.07) is 26.2. The van der Waals surface area contributed by atoms with Crippen molar-refractivity contribution in [2.24, 2.45) is 9.98 Å². The molecule has 4 aromatic carbocycles. The van der Waals surface area contributed by atoms with Crippen LogP contribution in [0.3, 0.4) is 0 Å². The van der Waals surface area contributed by atoms with Crippen molar-refractivity contribution >= 4 is 62.0 Å². The number of hydrogen-bond acceptors (Lipinski definition) is 2. The molecular weight excluding hydrogens is 631 g/mol. The molecule has 0 atom stereocenters. The summed E-state index contributed by atoms with van der Waals surface area (Å²) in [5, 5.41) is 2.51. The van der Waals surface area contributed by atoms with Crippen LogP contribution in [0.2, 0.25) is 0 Å². The van der Waals surface area contributed by atoms with Gasteiger partial charge in [-0.1, -0.05) is 100 Å². The van der Waals surface area contributed by atoms with Crippen LogP contribution in [0.25, 0.3) is 10.8 Å². The number of rotatable bonds is 6. The topological polar surface area (TPSA) is 24.7 Å². The van der Waals surface area contributed by atoms with Crippen LogP contribution in [0.15, 0.2) is 82.8 Å². The standard InChI is InChI=1S/C32H32N2.2BrH.Ni/c1-5-21-13-9-14-22(6-2)29(21)33-31-26-19-11-17-25-18-12-20-27(28(25)26)32(31)34-30-23(7-3)15-10-16-24(30)8-4;;;/h9-20H,5-8H2,1-4H3;2*1H;/q;;;+2/p-2. The maximum absolute atomic E-state index is 5.41. The van der Waals surface area contributed by atoms with Crippen molar-refractivity contribution in [2.45, 2.75) is 53.4 Å². The fraction of sp³-hybridized carbons (Fsp3) is 0.250. The molecule has 1 aliphatic rings.